The van der Waals surface area contributed by atoms with Crippen molar-refractivity contribution >= 4 is 16.8 Å². The second-order valence-corrected chi connectivity index (χ2v) is 4.34. The molecule has 1 aromatic rings. The third kappa shape index (κ3) is 2.63. The molecule has 0 aliphatic carbocycles. The number of carbonyl (C=O) groups excluding carboxylic acids is 1. The van der Waals surface area contributed by atoms with Gasteiger partial charge in [0, 0.05) is 4.90 Å². The van der Waals surface area contributed by atoms with Crippen LogP contribution in [0.2, 0.25) is 0 Å². The molecule has 0 saturated heterocycles. The highest BCUT2D eigenvalue weighted by atomic mass is 32.2. The topological polar surface area (TPSA) is 43.4 Å². The molecule has 0 aliphatic heterocycles. The Bertz CT molecular complexity index is 392. The van der Waals surface area contributed by atoms with Gasteiger partial charge in [0.1, 0.15) is 10.8 Å². The van der Waals surface area contributed by atoms with Crippen molar-refractivity contribution in [3.05, 3.63) is 30.3 Å². The first-order valence-corrected chi connectivity index (χ1v) is 5.67. The molecule has 0 heterocycles. The fraction of sp³-hybridized carbons (Fsp3) is 0.300. The van der Waals surface area contributed by atoms with Crippen LogP contribution in [0.3, 0.4) is 0 Å². The molecule has 0 radical (unpaired) electrons. The molecule has 1 rings (SSSR count). The van der Waals surface area contributed by atoms with Gasteiger partial charge in [0.25, 0.3) is 0 Å². The number of ether oxygens (including phenoxy) is 1. The molecule has 3 nitrogen and oxygen atoms in total. The zero-order valence-corrected chi connectivity index (χ0v) is 9.30. The molecule has 0 fully saturated rings. The van der Waals surface area contributed by atoms with Crippen molar-refractivity contribution in [3.63, 3.8) is 0 Å². The highest BCUT2D eigenvalue weighted by molar-refractivity contribution is 7.87. The van der Waals surface area contributed by atoms with Crippen molar-refractivity contribution in [3.8, 4) is 0 Å². The molecule has 1 atom stereocenters. The Hall–Kier alpha value is -1.30. The van der Waals surface area contributed by atoms with E-state index in [2.05, 4.69) is 4.74 Å². The monoisotopic (exact) mass is 248 g/mol. The van der Waals surface area contributed by atoms with Crippen LogP contribution in [0.4, 0.5) is 8.78 Å². The van der Waals surface area contributed by atoms with Crippen LogP contribution in [0, 0.1) is 0 Å². The van der Waals surface area contributed by atoms with Crippen LogP contribution in [0.15, 0.2) is 35.2 Å². The van der Waals surface area contributed by atoms with E-state index in [9.17, 15) is 17.8 Å². The van der Waals surface area contributed by atoms with Crippen molar-refractivity contribution in [2.24, 2.45) is 0 Å². The van der Waals surface area contributed by atoms with E-state index >= 15 is 0 Å². The maximum absolute atomic E-state index is 13.3. The lowest BCUT2D eigenvalue weighted by atomic mass is 10.4. The highest BCUT2D eigenvalue weighted by Gasteiger charge is 2.48. The maximum atomic E-state index is 13.3. The van der Waals surface area contributed by atoms with Gasteiger partial charge in [0.15, 0.2) is 0 Å². The summed E-state index contributed by atoms with van der Waals surface area (Å²) in [5, 5.41) is -4.02. The first-order valence-electron chi connectivity index (χ1n) is 4.52. The Balaban J connectivity index is 2.92. The van der Waals surface area contributed by atoms with E-state index in [4.69, 9.17) is 0 Å². The summed E-state index contributed by atoms with van der Waals surface area (Å²) in [6.45, 7) is 1.22. The van der Waals surface area contributed by atoms with Gasteiger partial charge >= 0.3 is 11.2 Å². The van der Waals surface area contributed by atoms with Gasteiger partial charge in [-0.3, -0.25) is 0 Å². The lowest BCUT2D eigenvalue weighted by molar-refractivity contribution is -0.159. The SMILES string of the molecule is CCOC(=O)C(F)(F)[S@](=O)c1ccccc1. The van der Waals surface area contributed by atoms with Crippen LogP contribution in [-0.2, 0) is 20.3 Å². The Labute approximate surface area is 93.9 Å². The standard InChI is InChI=1S/C10H10F2O3S/c1-2-15-9(13)10(11,12)16(14)8-6-4-3-5-7-8/h3-7H,2H2,1H3/t16-/m1/s1. The molecular formula is C10H10F2O3S. The fourth-order valence-corrected chi connectivity index (χ4v) is 1.89. The average molecular weight is 248 g/mol. The van der Waals surface area contributed by atoms with Gasteiger partial charge in [0.05, 0.1) is 6.61 Å². The molecule has 0 N–H and O–H groups in total. The summed E-state index contributed by atoms with van der Waals surface area (Å²) in [5.41, 5.74) is 0. The zero-order valence-electron chi connectivity index (χ0n) is 8.48. The molecule has 0 aliphatic rings. The predicted octanol–water partition coefficient (Wildman–Crippen LogP) is 1.95. The van der Waals surface area contributed by atoms with Gasteiger partial charge in [0.2, 0.25) is 0 Å². The van der Waals surface area contributed by atoms with Crippen molar-refractivity contribution in [2.75, 3.05) is 6.61 Å². The third-order valence-electron chi connectivity index (χ3n) is 1.70. The van der Waals surface area contributed by atoms with Crippen LogP contribution in [0.5, 0.6) is 0 Å². The molecule has 0 bridgehead atoms. The van der Waals surface area contributed by atoms with Gasteiger partial charge < -0.3 is 4.74 Å². The number of benzene rings is 1. The van der Waals surface area contributed by atoms with Crippen molar-refractivity contribution in [2.45, 2.75) is 17.1 Å². The largest absolute Gasteiger partial charge is 0.461 e. The zero-order chi connectivity index (χ0) is 12.2. The van der Waals surface area contributed by atoms with Crippen LogP contribution >= 0.6 is 0 Å². The maximum Gasteiger partial charge on any atom is 0.420 e. The molecule has 88 valence electrons. The molecule has 0 spiro atoms. The highest BCUT2D eigenvalue weighted by Crippen LogP contribution is 2.26. The third-order valence-corrected chi connectivity index (χ3v) is 3.04. The second kappa shape index (κ2) is 5.16. The molecular weight excluding hydrogens is 238 g/mol. The second-order valence-electron chi connectivity index (χ2n) is 2.82. The van der Waals surface area contributed by atoms with Crippen LogP contribution < -0.4 is 0 Å². The summed E-state index contributed by atoms with van der Waals surface area (Å²) in [6, 6.07) is 7.07. The predicted molar refractivity (Wildman–Crippen MR) is 54.4 cm³/mol. The van der Waals surface area contributed by atoms with Gasteiger partial charge in [-0.1, -0.05) is 18.2 Å². The van der Waals surface area contributed by atoms with Gasteiger partial charge in [-0.05, 0) is 19.1 Å². The number of halogens is 2. The fourth-order valence-electron chi connectivity index (χ4n) is 0.983. The number of hydrogen-bond donors (Lipinski definition) is 0. The quantitative estimate of drug-likeness (QED) is 0.765. The summed E-state index contributed by atoms with van der Waals surface area (Å²) in [6.07, 6.45) is 0. The Morgan fingerprint density at radius 3 is 2.44 bits per heavy atom. The molecule has 6 heteroatoms. The number of rotatable bonds is 4. The number of alkyl halides is 2. The normalized spacial score (nSPS) is 13.2. The van der Waals surface area contributed by atoms with Crippen molar-refractivity contribution in [1.29, 1.82) is 0 Å². The summed E-state index contributed by atoms with van der Waals surface area (Å²) >= 11 is 0. The molecule has 1 aromatic carbocycles. The van der Waals surface area contributed by atoms with Crippen molar-refractivity contribution < 1.29 is 22.5 Å². The minimum Gasteiger partial charge on any atom is -0.461 e. The Morgan fingerprint density at radius 1 is 1.38 bits per heavy atom. The van der Waals surface area contributed by atoms with E-state index in [1.54, 1.807) is 6.07 Å². The van der Waals surface area contributed by atoms with Crippen LogP contribution in [-0.4, -0.2) is 22.0 Å². The minimum atomic E-state index is -4.02. The van der Waals surface area contributed by atoms with E-state index in [0.29, 0.717) is 0 Å². The smallest absolute Gasteiger partial charge is 0.420 e. The summed E-state index contributed by atoms with van der Waals surface area (Å²) in [4.78, 5) is 10.8. The molecule has 0 aromatic heterocycles. The average Bonchev–Trinajstić information content (AvgIpc) is 2.29. The lowest BCUT2D eigenvalue weighted by Crippen LogP contribution is -2.35. The van der Waals surface area contributed by atoms with E-state index < -0.39 is 22.0 Å². The van der Waals surface area contributed by atoms with E-state index in [0.717, 1.165) is 0 Å². The molecule has 0 unspecified atom stereocenters. The lowest BCUT2D eigenvalue weighted by Gasteiger charge is -2.13. The number of hydrogen-bond acceptors (Lipinski definition) is 3. The summed E-state index contributed by atoms with van der Waals surface area (Å²) in [5.74, 6) is -1.77. The van der Waals surface area contributed by atoms with E-state index in [-0.39, 0.29) is 11.5 Å². The van der Waals surface area contributed by atoms with Gasteiger partial charge in [-0.2, -0.15) is 8.78 Å². The first kappa shape index (κ1) is 12.8. The van der Waals surface area contributed by atoms with E-state index in [1.165, 1.54) is 31.2 Å². The Kier molecular flexibility index (Phi) is 4.12. The minimum absolute atomic E-state index is 0.111. The van der Waals surface area contributed by atoms with Crippen molar-refractivity contribution in [1.82, 2.24) is 0 Å². The molecule has 0 amide bonds. The van der Waals surface area contributed by atoms with Gasteiger partial charge in [-0.25, -0.2) is 9.00 Å². The first-order chi connectivity index (χ1) is 7.50. The van der Waals surface area contributed by atoms with Crippen LogP contribution in [0.1, 0.15) is 6.92 Å². The summed E-state index contributed by atoms with van der Waals surface area (Å²) < 4.78 is 42.2. The van der Waals surface area contributed by atoms with E-state index in [1.807, 2.05) is 0 Å². The summed E-state index contributed by atoms with van der Waals surface area (Å²) in [7, 11) is -2.73. The van der Waals surface area contributed by atoms with Gasteiger partial charge in [-0.15, -0.1) is 0 Å². The van der Waals surface area contributed by atoms with Crippen LogP contribution in [0.25, 0.3) is 0 Å². The number of esters is 1. The number of carbonyl (C=O) groups is 1. The molecule has 16 heavy (non-hydrogen) atoms. The Morgan fingerprint density at radius 2 is 1.94 bits per heavy atom. The molecule has 0 saturated carbocycles.